The topological polar surface area (TPSA) is 87.3 Å². The molecule has 0 atom stereocenters. The number of aromatic nitrogens is 2. The molecule has 0 saturated carbocycles. The summed E-state index contributed by atoms with van der Waals surface area (Å²) in [6.45, 7) is 4.37. The molecular formula is C17H19FN4O3. The molecule has 1 saturated heterocycles. The van der Waals surface area contributed by atoms with Gasteiger partial charge < -0.3 is 15.0 Å². The molecular weight excluding hydrogens is 327 g/mol. The first-order valence-electron chi connectivity index (χ1n) is 8.00. The van der Waals surface area contributed by atoms with Crippen LogP contribution in [0.15, 0.2) is 30.3 Å². The second kappa shape index (κ2) is 6.92. The number of nitrogens with zero attached hydrogens (tertiary/aromatic N) is 2. The second-order valence-corrected chi connectivity index (χ2v) is 6.21. The van der Waals surface area contributed by atoms with E-state index in [9.17, 15) is 14.0 Å². The van der Waals surface area contributed by atoms with Crippen molar-refractivity contribution in [2.45, 2.75) is 26.0 Å². The minimum atomic E-state index is -0.479. The summed E-state index contributed by atoms with van der Waals surface area (Å²) in [5.74, 6) is -0.548. The van der Waals surface area contributed by atoms with E-state index in [0.29, 0.717) is 30.0 Å². The van der Waals surface area contributed by atoms with Gasteiger partial charge in [-0.25, -0.2) is 9.18 Å². The Kier molecular flexibility index (Phi) is 4.69. The molecule has 2 amide bonds. The highest BCUT2D eigenvalue weighted by Gasteiger charge is 2.34. The van der Waals surface area contributed by atoms with E-state index in [1.54, 1.807) is 23.1 Å². The number of hydrogen-bond acceptors (Lipinski definition) is 4. The first-order valence-corrected chi connectivity index (χ1v) is 8.00. The van der Waals surface area contributed by atoms with Gasteiger partial charge in [0.15, 0.2) is 0 Å². The molecule has 0 radical (unpaired) electrons. The number of benzene rings is 1. The van der Waals surface area contributed by atoms with Gasteiger partial charge in [-0.05, 0) is 44.2 Å². The highest BCUT2D eigenvalue weighted by Crippen LogP contribution is 2.20. The molecule has 3 rings (SSSR count). The lowest BCUT2D eigenvalue weighted by Gasteiger charge is -2.38. The molecule has 2 N–H and O–H groups in total. The summed E-state index contributed by atoms with van der Waals surface area (Å²) < 4.78 is 18.2. The first kappa shape index (κ1) is 16.9. The third kappa shape index (κ3) is 3.96. The van der Waals surface area contributed by atoms with Gasteiger partial charge in [0.1, 0.15) is 17.6 Å². The summed E-state index contributed by atoms with van der Waals surface area (Å²) in [6, 6.07) is 7.49. The van der Waals surface area contributed by atoms with Crippen LogP contribution in [0.25, 0.3) is 11.3 Å². The molecule has 25 heavy (non-hydrogen) atoms. The number of rotatable bonds is 4. The number of alkyl carbamates (subject to hydrolysis) is 1. The van der Waals surface area contributed by atoms with Crippen LogP contribution in [0.5, 0.6) is 0 Å². The summed E-state index contributed by atoms with van der Waals surface area (Å²) in [5, 5.41) is 9.42. The number of carbonyl (C=O) groups is 2. The maximum absolute atomic E-state index is 13.0. The number of H-pyrrole nitrogens is 1. The number of halogens is 1. The van der Waals surface area contributed by atoms with E-state index < -0.39 is 6.09 Å². The van der Waals surface area contributed by atoms with Crippen LogP contribution < -0.4 is 5.32 Å². The number of carbonyl (C=O) groups excluding carboxylic acids is 2. The molecule has 132 valence electrons. The summed E-state index contributed by atoms with van der Waals surface area (Å²) in [6.07, 6.45) is -0.783. The Morgan fingerprint density at radius 1 is 1.32 bits per heavy atom. The average Bonchev–Trinajstić information content (AvgIpc) is 3.00. The fourth-order valence-corrected chi connectivity index (χ4v) is 2.47. The number of likely N-dealkylation sites (tertiary alicyclic amines) is 1. The maximum atomic E-state index is 13.0. The number of ether oxygens (including phenoxy) is 1. The van der Waals surface area contributed by atoms with Crippen molar-refractivity contribution in [1.29, 1.82) is 0 Å². The highest BCUT2D eigenvalue weighted by molar-refractivity contribution is 5.94. The zero-order valence-electron chi connectivity index (χ0n) is 14.0. The molecule has 0 aliphatic carbocycles. The van der Waals surface area contributed by atoms with E-state index in [1.807, 2.05) is 13.8 Å². The quantitative estimate of drug-likeness (QED) is 0.888. The normalized spacial score (nSPS) is 14.3. The first-order chi connectivity index (χ1) is 11.9. The molecule has 0 unspecified atom stereocenters. The van der Waals surface area contributed by atoms with Gasteiger partial charge in [-0.15, -0.1) is 0 Å². The van der Waals surface area contributed by atoms with Gasteiger partial charge in [0.05, 0.1) is 18.8 Å². The lowest BCUT2D eigenvalue weighted by molar-refractivity contribution is -0.00730. The lowest BCUT2D eigenvalue weighted by atomic mass is 10.1. The molecule has 1 aliphatic rings. The van der Waals surface area contributed by atoms with Gasteiger partial charge in [-0.3, -0.25) is 9.89 Å². The Morgan fingerprint density at radius 3 is 2.64 bits per heavy atom. The Morgan fingerprint density at radius 2 is 2.00 bits per heavy atom. The molecule has 7 nitrogen and oxygen atoms in total. The zero-order chi connectivity index (χ0) is 18.0. The zero-order valence-corrected chi connectivity index (χ0v) is 14.0. The summed E-state index contributed by atoms with van der Waals surface area (Å²) >= 11 is 0. The van der Waals surface area contributed by atoms with Crippen molar-refractivity contribution < 1.29 is 18.7 Å². The van der Waals surface area contributed by atoms with Gasteiger partial charge in [-0.2, -0.15) is 5.10 Å². The van der Waals surface area contributed by atoms with E-state index in [-0.39, 0.29) is 23.9 Å². The third-order valence-electron chi connectivity index (χ3n) is 3.76. The predicted octanol–water partition coefficient (Wildman–Crippen LogP) is 2.17. The smallest absolute Gasteiger partial charge is 0.407 e. The second-order valence-electron chi connectivity index (χ2n) is 6.21. The maximum Gasteiger partial charge on any atom is 0.407 e. The van der Waals surface area contributed by atoms with Crippen LogP contribution in [-0.4, -0.2) is 52.3 Å². The molecule has 1 fully saturated rings. The average molecular weight is 346 g/mol. The summed E-state index contributed by atoms with van der Waals surface area (Å²) in [5.41, 5.74) is 1.62. The Bertz CT molecular complexity index is 766. The monoisotopic (exact) mass is 346 g/mol. The van der Waals surface area contributed by atoms with Crippen LogP contribution in [0, 0.1) is 5.82 Å². The van der Waals surface area contributed by atoms with Crippen LogP contribution in [0.4, 0.5) is 9.18 Å². The van der Waals surface area contributed by atoms with Gasteiger partial charge in [0.25, 0.3) is 5.91 Å². The molecule has 0 bridgehead atoms. The van der Waals surface area contributed by atoms with E-state index in [1.165, 1.54) is 12.1 Å². The van der Waals surface area contributed by atoms with Crippen LogP contribution >= 0.6 is 0 Å². The largest absolute Gasteiger partial charge is 0.442 e. The van der Waals surface area contributed by atoms with Gasteiger partial charge in [0, 0.05) is 11.6 Å². The summed E-state index contributed by atoms with van der Waals surface area (Å²) in [4.78, 5) is 25.4. The third-order valence-corrected chi connectivity index (χ3v) is 3.76. The molecule has 2 heterocycles. The number of aromatic amines is 1. The van der Waals surface area contributed by atoms with E-state index in [2.05, 4.69) is 15.5 Å². The molecule has 1 aliphatic heterocycles. The van der Waals surface area contributed by atoms with Gasteiger partial charge in [0.2, 0.25) is 0 Å². The van der Waals surface area contributed by atoms with Crippen molar-refractivity contribution in [2.24, 2.45) is 0 Å². The fraction of sp³-hybridized carbons (Fsp3) is 0.353. The van der Waals surface area contributed by atoms with Crippen molar-refractivity contribution in [3.63, 3.8) is 0 Å². The SMILES string of the molecule is CC(C)NC(=O)OC1CN(C(=O)c2cc(-c3ccc(F)cc3)n[nH]2)C1. The fourth-order valence-electron chi connectivity index (χ4n) is 2.47. The lowest BCUT2D eigenvalue weighted by Crippen LogP contribution is -2.56. The summed E-state index contributed by atoms with van der Waals surface area (Å²) in [7, 11) is 0. The van der Waals surface area contributed by atoms with Crippen molar-refractivity contribution in [2.75, 3.05) is 13.1 Å². The molecule has 1 aromatic carbocycles. The van der Waals surface area contributed by atoms with Crippen LogP contribution in [0.3, 0.4) is 0 Å². The van der Waals surface area contributed by atoms with E-state index in [4.69, 9.17) is 4.74 Å². The van der Waals surface area contributed by atoms with Crippen LogP contribution in [-0.2, 0) is 4.74 Å². The number of amides is 2. The van der Waals surface area contributed by atoms with E-state index >= 15 is 0 Å². The van der Waals surface area contributed by atoms with Crippen molar-refractivity contribution in [3.8, 4) is 11.3 Å². The standard InChI is InChI=1S/C17H19FN4O3/c1-10(2)19-17(24)25-13-8-22(9-13)16(23)15-7-14(20-21-15)11-3-5-12(18)6-4-11/h3-7,10,13H,8-9H2,1-2H3,(H,19,24)(H,20,21). The number of hydrogen-bond donors (Lipinski definition) is 2. The molecule has 1 aromatic heterocycles. The number of nitrogens with one attached hydrogen (secondary N) is 2. The Balaban J connectivity index is 1.55. The van der Waals surface area contributed by atoms with E-state index in [0.717, 1.165) is 0 Å². The minimum Gasteiger partial charge on any atom is -0.442 e. The van der Waals surface area contributed by atoms with Crippen LogP contribution in [0.1, 0.15) is 24.3 Å². The van der Waals surface area contributed by atoms with Gasteiger partial charge in [-0.1, -0.05) is 0 Å². The minimum absolute atomic E-state index is 0.000173. The van der Waals surface area contributed by atoms with Gasteiger partial charge >= 0.3 is 6.09 Å². The molecule has 8 heteroatoms. The van der Waals surface area contributed by atoms with Crippen molar-refractivity contribution in [3.05, 3.63) is 41.8 Å². The highest BCUT2D eigenvalue weighted by atomic mass is 19.1. The predicted molar refractivity (Wildman–Crippen MR) is 88.4 cm³/mol. The Hall–Kier alpha value is -2.90. The molecule has 2 aromatic rings. The van der Waals surface area contributed by atoms with Crippen molar-refractivity contribution >= 4 is 12.0 Å². The molecule has 0 spiro atoms. The van der Waals surface area contributed by atoms with Crippen molar-refractivity contribution in [1.82, 2.24) is 20.4 Å². The Labute approximate surface area is 144 Å². The van der Waals surface area contributed by atoms with Crippen LogP contribution in [0.2, 0.25) is 0 Å².